The van der Waals surface area contributed by atoms with Gasteiger partial charge >= 0.3 is 5.97 Å². The van der Waals surface area contributed by atoms with E-state index in [1.54, 1.807) is 13.0 Å². The Morgan fingerprint density at radius 1 is 0.898 bits per heavy atom. The largest absolute Gasteiger partial charge is 0.458 e. The number of hydrogen-bond donors (Lipinski definition) is 8. The Morgan fingerprint density at radius 3 is 2.33 bits per heavy atom. The molecule has 17 atom stereocenters. The molecule has 49 heavy (non-hydrogen) atoms. The van der Waals surface area contributed by atoms with Crippen LogP contribution < -0.4 is 0 Å². The highest BCUT2D eigenvalue weighted by molar-refractivity contribution is 5.85. The topological polar surface area (TPSA) is 225 Å². The van der Waals surface area contributed by atoms with Crippen molar-refractivity contribution >= 4 is 5.97 Å². The predicted molar refractivity (Wildman–Crippen MR) is 167 cm³/mol. The number of aliphatic hydroxyl groups is 8. The highest BCUT2D eigenvalue weighted by Gasteiger charge is 2.71. The molecular formula is C35H54O14. The molecule has 4 saturated carbocycles. The molecule has 3 heterocycles. The van der Waals surface area contributed by atoms with Crippen LogP contribution in [0.1, 0.15) is 78.1 Å². The third kappa shape index (κ3) is 5.56. The summed E-state index contributed by atoms with van der Waals surface area (Å²) in [6.07, 6.45) is -4.56. The number of esters is 1. The first-order chi connectivity index (χ1) is 23.2. The SMILES string of the molecule is C[C@@H]1O[C@H](O[C@@H]2CC[C@]3(CO)[C@@H]4CC[C@]5(C)[C@@H](C6=CC(=O)OC6)CC[C@@]5(O)[C@H]4CC[C@]3(O)C2)C[C@H](O)[C@H]1O[C@H]1O[C@@H](CO)[C@H](O)[C@@H](O)[C@@H]1O. The van der Waals surface area contributed by atoms with Crippen molar-refractivity contribution in [2.45, 2.75) is 151 Å². The molecule has 0 aromatic carbocycles. The monoisotopic (exact) mass is 698 g/mol. The van der Waals surface area contributed by atoms with E-state index in [2.05, 4.69) is 6.92 Å². The first kappa shape index (κ1) is 36.1. The second-order valence-corrected chi connectivity index (χ2v) is 16.3. The molecule has 0 aromatic heterocycles. The van der Waals surface area contributed by atoms with Gasteiger partial charge in [0.2, 0.25) is 0 Å². The van der Waals surface area contributed by atoms with Crippen LogP contribution in [0.4, 0.5) is 0 Å². The van der Waals surface area contributed by atoms with Crippen LogP contribution in [0.2, 0.25) is 0 Å². The fourth-order valence-electron chi connectivity index (χ4n) is 11.5. The highest BCUT2D eigenvalue weighted by Crippen LogP contribution is 2.70. The lowest BCUT2D eigenvalue weighted by atomic mass is 9.41. The van der Waals surface area contributed by atoms with E-state index in [0.29, 0.717) is 32.1 Å². The van der Waals surface area contributed by atoms with Gasteiger partial charge in [0, 0.05) is 29.7 Å². The van der Waals surface area contributed by atoms with Crippen molar-refractivity contribution in [3.05, 3.63) is 11.6 Å². The lowest BCUT2D eigenvalue weighted by molar-refractivity contribution is -0.346. The van der Waals surface area contributed by atoms with Crippen LogP contribution in [0, 0.1) is 28.6 Å². The summed E-state index contributed by atoms with van der Waals surface area (Å²) in [5, 5.41) is 87.1. The van der Waals surface area contributed by atoms with Gasteiger partial charge < -0.3 is 64.5 Å². The molecule has 4 aliphatic carbocycles. The summed E-state index contributed by atoms with van der Waals surface area (Å²) in [6, 6.07) is 0. The lowest BCUT2D eigenvalue weighted by Gasteiger charge is -2.66. The highest BCUT2D eigenvalue weighted by atomic mass is 16.7. The zero-order valence-electron chi connectivity index (χ0n) is 28.3. The minimum absolute atomic E-state index is 0.0249. The van der Waals surface area contributed by atoms with Crippen LogP contribution in [0.15, 0.2) is 11.6 Å². The van der Waals surface area contributed by atoms with Gasteiger partial charge in [0.25, 0.3) is 0 Å². The molecule has 0 unspecified atom stereocenters. The molecule has 2 saturated heterocycles. The summed E-state index contributed by atoms with van der Waals surface area (Å²) < 4.78 is 28.9. The van der Waals surface area contributed by atoms with E-state index in [1.807, 2.05) is 0 Å². The number of carbonyl (C=O) groups is 1. The minimum Gasteiger partial charge on any atom is -0.458 e. The van der Waals surface area contributed by atoms with E-state index in [4.69, 9.17) is 23.7 Å². The first-order valence-corrected chi connectivity index (χ1v) is 18.1. The van der Waals surface area contributed by atoms with Crippen LogP contribution in [-0.2, 0) is 28.5 Å². The van der Waals surface area contributed by atoms with Crippen molar-refractivity contribution in [1.29, 1.82) is 0 Å². The van der Waals surface area contributed by atoms with E-state index >= 15 is 0 Å². The second kappa shape index (κ2) is 13.0. The summed E-state index contributed by atoms with van der Waals surface area (Å²) in [5.41, 5.74) is -2.49. The third-order valence-corrected chi connectivity index (χ3v) is 14.2. The first-order valence-electron chi connectivity index (χ1n) is 18.1. The van der Waals surface area contributed by atoms with E-state index in [-0.39, 0.29) is 49.8 Å². The zero-order valence-corrected chi connectivity index (χ0v) is 28.3. The molecule has 14 heteroatoms. The van der Waals surface area contributed by atoms with Gasteiger partial charge in [-0.1, -0.05) is 6.92 Å². The van der Waals surface area contributed by atoms with Crippen molar-refractivity contribution in [3.8, 4) is 0 Å². The average Bonchev–Trinajstić information content (AvgIpc) is 3.61. The number of rotatable bonds is 7. The van der Waals surface area contributed by atoms with Gasteiger partial charge in [-0.05, 0) is 81.6 Å². The molecule has 0 spiro atoms. The molecule has 14 nitrogen and oxygen atoms in total. The van der Waals surface area contributed by atoms with Crippen LogP contribution in [0.5, 0.6) is 0 Å². The molecular weight excluding hydrogens is 644 g/mol. The van der Waals surface area contributed by atoms with Crippen molar-refractivity contribution in [3.63, 3.8) is 0 Å². The van der Waals surface area contributed by atoms with Crippen LogP contribution in [0.25, 0.3) is 0 Å². The fraction of sp³-hybridized carbons (Fsp3) is 0.914. The maximum atomic E-state index is 12.5. The standard InChI is InChI=1S/C35H54O14/c1-17-30(49-31-29(42)28(41)27(40)24(14-36)48-31)23(38)12-26(46-17)47-19-3-8-33(16-37)21-4-7-32(2)20(18-11-25(39)45-15-18)6-10-35(32,44)22(21)5-9-34(33,43)13-19/h11,17,19-24,26-31,36-38,40-44H,3-10,12-16H2,1-2H3/t17-,19+,20+,21+,22-,23-,24-,26+,27-,28+,29-,30-,31+,32+,33-,34-,35+/m0/s1. The Kier molecular flexibility index (Phi) is 9.57. The molecule has 278 valence electrons. The van der Waals surface area contributed by atoms with Gasteiger partial charge in [0.1, 0.15) is 37.1 Å². The van der Waals surface area contributed by atoms with Gasteiger partial charge in [-0.2, -0.15) is 0 Å². The fourth-order valence-corrected chi connectivity index (χ4v) is 11.5. The van der Waals surface area contributed by atoms with Crippen molar-refractivity contribution < 1.29 is 69.3 Å². The van der Waals surface area contributed by atoms with Crippen molar-refractivity contribution in [2.75, 3.05) is 19.8 Å². The van der Waals surface area contributed by atoms with Gasteiger partial charge in [-0.15, -0.1) is 0 Å². The molecule has 0 bridgehead atoms. The Balaban J connectivity index is 1.000. The van der Waals surface area contributed by atoms with E-state index in [9.17, 15) is 45.6 Å². The van der Waals surface area contributed by atoms with Gasteiger partial charge in [0.15, 0.2) is 12.6 Å². The van der Waals surface area contributed by atoms with Crippen LogP contribution in [0.3, 0.4) is 0 Å². The number of carbonyl (C=O) groups excluding carboxylic acids is 1. The smallest absolute Gasteiger partial charge is 0.331 e. The summed E-state index contributed by atoms with van der Waals surface area (Å²) in [7, 11) is 0. The summed E-state index contributed by atoms with van der Waals surface area (Å²) in [4.78, 5) is 11.9. The van der Waals surface area contributed by atoms with Gasteiger partial charge in [-0.3, -0.25) is 0 Å². The van der Waals surface area contributed by atoms with E-state index in [0.717, 1.165) is 24.8 Å². The summed E-state index contributed by atoms with van der Waals surface area (Å²) >= 11 is 0. The quantitative estimate of drug-likeness (QED) is 0.123. The van der Waals surface area contributed by atoms with Crippen molar-refractivity contribution in [2.24, 2.45) is 28.6 Å². The normalized spacial score (nSPS) is 54.4. The molecule has 0 radical (unpaired) electrons. The lowest BCUT2D eigenvalue weighted by Crippen LogP contribution is -2.69. The maximum Gasteiger partial charge on any atom is 0.331 e. The Labute approximate surface area is 285 Å². The number of hydrogen-bond acceptors (Lipinski definition) is 14. The maximum absolute atomic E-state index is 12.5. The number of fused-ring (bicyclic) bond motifs is 5. The second-order valence-electron chi connectivity index (χ2n) is 16.3. The molecule has 0 amide bonds. The van der Waals surface area contributed by atoms with E-state index < -0.39 is 90.1 Å². The minimum atomic E-state index is -1.62. The molecule has 0 aromatic rings. The third-order valence-electron chi connectivity index (χ3n) is 14.2. The Bertz CT molecular complexity index is 1270. The molecule has 3 aliphatic heterocycles. The number of cyclic esters (lactones) is 1. The molecule has 7 rings (SSSR count). The molecule has 6 fully saturated rings. The predicted octanol–water partition coefficient (Wildman–Crippen LogP) is -0.603. The van der Waals surface area contributed by atoms with E-state index in [1.165, 1.54) is 0 Å². The summed E-state index contributed by atoms with van der Waals surface area (Å²) in [6.45, 7) is 3.28. The Morgan fingerprint density at radius 2 is 1.65 bits per heavy atom. The number of ether oxygens (including phenoxy) is 5. The van der Waals surface area contributed by atoms with Gasteiger partial charge in [-0.25, -0.2) is 4.79 Å². The molecule has 8 N–H and O–H groups in total. The molecule has 7 aliphatic rings. The van der Waals surface area contributed by atoms with Crippen molar-refractivity contribution in [1.82, 2.24) is 0 Å². The summed E-state index contributed by atoms with van der Waals surface area (Å²) in [5.74, 6) is -0.460. The van der Waals surface area contributed by atoms with Gasteiger partial charge in [0.05, 0.1) is 42.7 Å². The average molecular weight is 699 g/mol. The zero-order chi connectivity index (χ0) is 35.1. The Hall–Kier alpha value is -1.27. The number of aliphatic hydroxyl groups excluding tert-OH is 6. The van der Waals surface area contributed by atoms with Crippen LogP contribution >= 0.6 is 0 Å². The van der Waals surface area contributed by atoms with Crippen LogP contribution in [-0.4, -0.2) is 139 Å².